The first-order chi connectivity index (χ1) is 6.66. The third-order valence-electron chi connectivity index (χ3n) is 1.78. The van der Waals surface area contributed by atoms with Crippen LogP contribution in [0.15, 0.2) is 22.7 Å². The van der Waals surface area contributed by atoms with Crippen LogP contribution in [-0.4, -0.2) is 15.2 Å². The van der Waals surface area contributed by atoms with E-state index in [9.17, 15) is 0 Å². The van der Waals surface area contributed by atoms with Gasteiger partial charge in [-0.2, -0.15) is 5.10 Å². The Bertz CT molecular complexity index is 467. The maximum atomic E-state index is 5.96. The summed E-state index contributed by atoms with van der Waals surface area (Å²) < 4.78 is 0.871. The molecule has 1 heterocycles. The lowest BCUT2D eigenvalue weighted by Crippen LogP contribution is -1.81. The van der Waals surface area contributed by atoms with E-state index in [0.717, 1.165) is 15.9 Å². The second-order valence-corrected chi connectivity index (χ2v) is 4.13. The van der Waals surface area contributed by atoms with Crippen molar-refractivity contribution in [1.82, 2.24) is 15.2 Å². The van der Waals surface area contributed by atoms with Gasteiger partial charge in [0.25, 0.3) is 0 Å². The number of aromatic nitrogens is 3. The molecule has 0 saturated heterocycles. The Kier molecular flexibility index (Phi) is 2.56. The van der Waals surface area contributed by atoms with E-state index in [0.29, 0.717) is 10.8 Å². The second-order valence-electron chi connectivity index (χ2n) is 2.87. The topological polar surface area (TPSA) is 41.6 Å². The van der Waals surface area contributed by atoms with E-state index in [1.54, 1.807) is 0 Å². The predicted molar refractivity (Wildman–Crippen MR) is 59.3 cm³/mol. The van der Waals surface area contributed by atoms with Crippen LogP contribution in [0.3, 0.4) is 0 Å². The van der Waals surface area contributed by atoms with Crippen LogP contribution in [0, 0.1) is 6.92 Å². The van der Waals surface area contributed by atoms with E-state index in [2.05, 4.69) is 31.1 Å². The summed E-state index contributed by atoms with van der Waals surface area (Å²) >= 11 is 9.28. The highest BCUT2D eigenvalue weighted by molar-refractivity contribution is 9.10. The molecular weight excluding hydrogens is 265 g/mol. The van der Waals surface area contributed by atoms with Crippen molar-refractivity contribution < 1.29 is 0 Å². The molecule has 0 spiro atoms. The third-order valence-corrected chi connectivity index (χ3v) is 3.01. The van der Waals surface area contributed by atoms with Crippen LogP contribution in [0.4, 0.5) is 0 Å². The minimum atomic E-state index is 0.657. The Hall–Kier alpha value is -0.870. The van der Waals surface area contributed by atoms with Gasteiger partial charge in [0.1, 0.15) is 5.82 Å². The molecule has 0 aliphatic heterocycles. The predicted octanol–water partition coefficient (Wildman–Crippen LogP) is 3.20. The lowest BCUT2D eigenvalue weighted by molar-refractivity contribution is 1.04. The third kappa shape index (κ3) is 1.81. The molecular formula is C9H7BrClN3. The van der Waals surface area contributed by atoms with Gasteiger partial charge in [0.15, 0.2) is 5.82 Å². The molecule has 0 fully saturated rings. The van der Waals surface area contributed by atoms with Crippen molar-refractivity contribution in [3.8, 4) is 11.4 Å². The van der Waals surface area contributed by atoms with E-state index in [4.69, 9.17) is 11.6 Å². The average Bonchev–Trinajstić information content (AvgIpc) is 2.57. The smallest absolute Gasteiger partial charge is 0.181 e. The second kappa shape index (κ2) is 3.71. The van der Waals surface area contributed by atoms with Crippen LogP contribution >= 0.6 is 27.5 Å². The molecule has 1 aromatic carbocycles. The quantitative estimate of drug-likeness (QED) is 0.866. The van der Waals surface area contributed by atoms with Crippen molar-refractivity contribution in [1.29, 1.82) is 0 Å². The van der Waals surface area contributed by atoms with Gasteiger partial charge in [-0.25, -0.2) is 4.98 Å². The lowest BCUT2D eigenvalue weighted by atomic mass is 10.2. The number of aromatic amines is 1. The largest absolute Gasteiger partial charge is 0.263 e. The van der Waals surface area contributed by atoms with Crippen LogP contribution in [0.1, 0.15) is 5.82 Å². The normalized spacial score (nSPS) is 10.5. The number of benzene rings is 1. The number of hydrogen-bond acceptors (Lipinski definition) is 2. The van der Waals surface area contributed by atoms with Crippen LogP contribution in [0.2, 0.25) is 5.02 Å². The van der Waals surface area contributed by atoms with Crippen molar-refractivity contribution >= 4 is 27.5 Å². The molecule has 0 atom stereocenters. The highest BCUT2D eigenvalue weighted by Crippen LogP contribution is 2.26. The molecule has 0 saturated carbocycles. The molecule has 0 aliphatic carbocycles. The van der Waals surface area contributed by atoms with E-state index in [1.807, 2.05) is 25.1 Å². The maximum absolute atomic E-state index is 5.96. The summed E-state index contributed by atoms with van der Waals surface area (Å²) in [5, 5.41) is 7.49. The number of nitrogens with one attached hydrogen (secondary N) is 1. The van der Waals surface area contributed by atoms with E-state index in [-0.39, 0.29) is 0 Å². The van der Waals surface area contributed by atoms with Crippen LogP contribution in [-0.2, 0) is 0 Å². The minimum absolute atomic E-state index is 0.657. The summed E-state index contributed by atoms with van der Waals surface area (Å²) in [5.41, 5.74) is 0.905. The highest BCUT2D eigenvalue weighted by Gasteiger charge is 2.05. The Morgan fingerprint density at radius 3 is 2.79 bits per heavy atom. The Morgan fingerprint density at radius 1 is 1.43 bits per heavy atom. The number of H-pyrrole nitrogens is 1. The van der Waals surface area contributed by atoms with E-state index < -0.39 is 0 Å². The highest BCUT2D eigenvalue weighted by atomic mass is 79.9. The number of halogens is 2. The fourth-order valence-electron chi connectivity index (χ4n) is 1.11. The maximum Gasteiger partial charge on any atom is 0.181 e. The van der Waals surface area contributed by atoms with Crippen molar-refractivity contribution in [2.75, 3.05) is 0 Å². The van der Waals surface area contributed by atoms with Gasteiger partial charge in [-0.15, -0.1) is 0 Å². The fraction of sp³-hybridized carbons (Fsp3) is 0.111. The zero-order chi connectivity index (χ0) is 10.1. The van der Waals surface area contributed by atoms with Gasteiger partial charge in [-0.05, 0) is 41.1 Å². The van der Waals surface area contributed by atoms with Crippen LogP contribution in [0.5, 0.6) is 0 Å². The Balaban J connectivity index is 2.47. The van der Waals surface area contributed by atoms with Crippen LogP contribution in [0.25, 0.3) is 11.4 Å². The van der Waals surface area contributed by atoms with Gasteiger partial charge in [0.05, 0.1) is 5.02 Å². The summed E-state index contributed by atoms with van der Waals surface area (Å²) in [5.74, 6) is 1.45. The monoisotopic (exact) mass is 271 g/mol. The molecule has 0 radical (unpaired) electrons. The molecule has 1 aromatic heterocycles. The van der Waals surface area contributed by atoms with Crippen molar-refractivity contribution in [2.24, 2.45) is 0 Å². The Labute approximate surface area is 94.6 Å². The van der Waals surface area contributed by atoms with Crippen LogP contribution < -0.4 is 0 Å². The summed E-state index contributed by atoms with van der Waals surface area (Å²) in [7, 11) is 0. The molecule has 3 nitrogen and oxygen atoms in total. The number of nitrogens with zero attached hydrogens (tertiary/aromatic N) is 2. The standard InChI is InChI=1S/C9H7BrClN3/c1-5-12-9(14-13-5)6-2-3-7(10)8(11)4-6/h2-4H,1H3,(H,12,13,14). The summed E-state index contributed by atoms with van der Waals surface area (Å²) in [6.45, 7) is 1.86. The molecule has 72 valence electrons. The number of aryl methyl sites for hydroxylation is 1. The number of hydrogen-bond donors (Lipinski definition) is 1. The van der Waals surface area contributed by atoms with Crippen molar-refractivity contribution in [3.05, 3.63) is 33.5 Å². The van der Waals surface area contributed by atoms with E-state index in [1.165, 1.54) is 0 Å². The molecule has 2 rings (SSSR count). The van der Waals surface area contributed by atoms with Gasteiger partial charge in [-0.1, -0.05) is 11.6 Å². The molecule has 5 heteroatoms. The molecule has 0 aliphatic rings. The van der Waals surface area contributed by atoms with Crippen molar-refractivity contribution in [3.63, 3.8) is 0 Å². The lowest BCUT2D eigenvalue weighted by Gasteiger charge is -1.98. The average molecular weight is 273 g/mol. The molecule has 1 N–H and O–H groups in total. The van der Waals surface area contributed by atoms with E-state index >= 15 is 0 Å². The van der Waals surface area contributed by atoms with Gasteiger partial charge in [-0.3, -0.25) is 5.10 Å². The summed E-state index contributed by atoms with van der Waals surface area (Å²) in [6, 6.07) is 5.62. The van der Waals surface area contributed by atoms with Gasteiger partial charge in [0, 0.05) is 10.0 Å². The molecule has 0 amide bonds. The SMILES string of the molecule is Cc1nc(-c2ccc(Br)c(Cl)c2)n[nH]1. The van der Waals surface area contributed by atoms with Crippen molar-refractivity contribution in [2.45, 2.75) is 6.92 Å². The first-order valence-corrected chi connectivity index (χ1v) is 5.18. The minimum Gasteiger partial charge on any atom is -0.263 e. The molecule has 14 heavy (non-hydrogen) atoms. The summed E-state index contributed by atoms with van der Waals surface area (Å²) in [6.07, 6.45) is 0. The Morgan fingerprint density at radius 2 is 2.21 bits per heavy atom. The first-order valence-electron chi connectivity index (χ1n) is 4.01. The zero-order valence-corrected chi connectivity index (χ0v) is 9.72. The zero-order valence-electron chi connectivity index (χ0n) is 7.38. The summed E-state index contributed by atoms with van der Waals surface area (Å²) in [4.78, 5) is 4.21. The molecule has 2 aromatic rings. The van der Waals surface area contributed by atoms with Gasteiger partial charge in [0.2, 0.25) is 0 Å². The van der Waals surface area contributed by atoms with Gasteiger partial charge >= 0.3 is 0 Å². The molecule has 0 bridgehead atoms. The fourth-order valence-corrected chi connectivity index (χ4v) is 1.53. The number of rotatable bonds is 1. The van der Waals surface area contributed by atoms with Gasteiger partial charge < -0.3 is 0 Å². The molecule has 0 unspecified atom stereocenters. The first kappa shape index (κ1) is 9.68.